The Morgan fingerprint density at radius 3 is 2.62 bits per heavy atom. The first-order chi connectivity index (χ1) is 9.91. The first-order valence-electron chi connectivity index (χ1n) is 6.27. The zero-order valence-electron chi connectivity index (χ0n) is 11.5. The standard InChI is InChI=1S/C15H15N3O2S/c1-11-6-7-14(8-15(11)21(17,19)20)18-10-13-5-3-2-4-12(13)9-16/h2-8,18H,10H2,1H3,(H2,17,19,20). The van der Waals surface area contributed by atoms with E-state index in [4.69, 9.17) is 10.4 Å². The summed E-state index contributed by atoms with van der Waals surface area (Å²) in [5.74, 6) is 0. The molecule has 0 radical (unpaired) electrons. The molecular weight excluding hydrogens is 286 g/mol. The fourth-order valence-corrected chi connectivity index (χ4v) is 2.81. The number of primary sulfonamides is 1. The van der Waals surface area contributed by atoms with Gasteiger partial charge in [0.1, 0.15) is 0 Å². The number of nitrogens with one attached hydrogen (secondary N) is 1. The lowest BCUT2D eigenvalue weighted by molar-refractivity contribution is 0.597. The van der Waals surface area contributed by atoms with Crippen molar-refractivity contribution in [2.45, 2.75) is 18.4 Å². The molecule has 0 saturated heterocycles. The van der Waals surface area contributed by atoms with Crippen molar-refractivity contribution in [3.05, 3.63) is 59.2 Å². The van der Waals surface area contributed by atoms with Gasteiger partial charge in [-0.05, 0) is 36.2 Å². The Balaban J connectivity index is 2.24. The topological polar surface area (TPSA) is 96.0 Å². The Morgan fingerprint density at radius 1 is 1.24 bits per heavy atom. The minimum Gasteiger partial charge on any atom is -0.381 e. The van der Waals surface area contributed by atoms with E-state index in [9.17, 15) is 8.42 Å². The van der Waals surface area contributed by atoms with Gasteiger partial charge < -0.3 is 5.32 Å². The molecule has 3 N–H and O–H groups in total. The van der Waals surface area contributed by atoms with Gasteiger partial charge in [0.25, 0.3) is 0 Å². The molecule has 2 aromatic rings. The summed E-state index contributed by atoms with van der Waals surface area (Å²) < 4.78 is 23.0. The third kappa shape index (κ3) is 3.60. The molecular formula is C15H15N3O2S. The zero-order chi connectivity index (χ0) is 15.5. The fourth-order valence-electron chi connectivity index (χ4n) is 2.00. The fraction of sp³-hybridized carbons (Fsp3) is 0.133. The van der Waals surface area contributed by atoms with Crippen molar-refractivity contribution in [3.8, 4) is 6.07 Å². The average molecular weight is 301 g/mol. The van der Waals surface area contributed by atoms with E-state index in [0.717, 1.165) is 5.56 Å². The number of rotatable bonds is 4. The van der Waals surface area contributed by atoms with E-state index in [0.29, 0.717) is 23.4 Å². The smallest absolute Gasteiger partial charge is 0.238 e. The highest BCUT2D eigenvalue weighted by atomic mass is 32.2. The van der Waals surface area contributed by atoms with Gasteiger partial charge >= 0.3 is 0 Å². The van der Waals surface area contributed by atoms with E-state index in [1.165, 1.54) is 6.07 Å². The van der Waals surface area contributed by atoms with Gasteiger partial charge in [-0.2, -0.15) is 5.26 Å². The van der Waals surface area contributed by atoms with Crippen LogP contribution in [0.4, 0.5) is 5.69 Å². The lowest BCUT2D eigenvalue weighted by Gasteiger charge is -2.10. The Kier molecular flexibility index (Phi) is 4.26. The molecule has 0 aliphatic heterocycles. The van der Waals surface area contributed by atoms with E-state index < -0.39 is 10.0 Å². The number of aryl methyl sites for hydroxylation is 1. The van der Waals surface area contributed by atoms with Crippen LogP contribution in [-0.4, -0.2) is 8.42 Å². The van der Waals surface area contributed by atoms with Crippen LogP contribution in [0.25, 0.3) is 0 Å². The molecule has 0 saturated carbocycles. The Bertz CT molecular complexity index is 808. The summed E-state index contributed by atoms with van der Waals surface area (Å²) in [7, 11) is -3.74. The van der Waals surface area contributed by atoms with Crippen LogP contribution < -0.4 is 10.5 Å². The monoisotopic (exact) mass is 301 g/mol. The number of nitrogens with two attached hydrogens (primary N) is 1. The second kappa shape index (κ2) is 5.95. The quantitative estimate of drug-likeness (QED) is 0.904. The molecule has 0 aliphatic rings. The lowest BCUT2D eigenvalue weighted by atomic mass is 10.1. The number of nitriles is 1. The highest BCUT2D eigenvalue weighted by Crippen LogP contribution is 2.20. The third-order valence-electron chi connectivity index (χ3n) is 3.12. The molecule has 0 fully saturated rings. The molecule has 6 heteroatoms. The third-order valence-corrected chi connectivity index (χ3v) is 4.17. The first kappa shape index (κ1) is 15.0. The highest BCUT2D eigenvalue weighted by molar-refractivity contribution is 7.89. The van der Waals surface area contributed by atoms with Crippen LogP contribution in [0.3, 0.4) is 0 Å². The van der Waals surface area contributed by atoms with Crippen LogP contribution in [-0.2, 0) is 16.6 Å². The SMILES string of the molecule is Cc1ccc(NCc2ccccc2C#N)cc1S(N)(=O)=O. The summed E-state index contributed by atoms with van der Waals surface area (Å²) in [5.41, 5.74) is 2.67. The zero-order valence-corrected chi connectivity index (χ0v) is 12.3. The van der Waals surface area contributed by atoms with Crippen molar-refractivity contribution in [1.29, 1.82) is 5.26 Å². The second-order valence-corrected chi connectivity index (χ2v) is 6.18. The summed E-state index contributed by atoms with van der Waals surface area (Å²) in [4.78, 5) is 0.0982. The molecule has 0 amide bonds. The van der Waals surface area contributed by atoms with Crippen LogP contribution in [0.2, 0.25) is 0 Å². The van der Waals surface area contributed by atoms with Crippen molar-refractivity contribution >= 4 is 15.7 Å². The van der Waals surface area contributed by atoms with Crippen molar-refractivity contribution in [1.82, 2.24) is 0 Å². The Labute approximate surface area is 124 Å². The normalized spacial score (nSPS) is 10.9. The van der Waals surface area contributed by atoms with E-state index in [2.05, 4.69) is 11.4 Å². The summed E-state index contributed by atoms with van der Waals surface area (Å²) in [5, 5.41) is 17.3. The van der Waals surface area contributed by atoms with Crippen LogP contribution in [0.5, 0.6) is 0 Å². The predicted molar refractivity (Wildman–Crippen MR) is 81.0 cm³/mol. The minimum absolute atomic E-state index is 0.0982. The van der Waals surface area contributed by atoms with Gasteiger partial charge in [-0.15, -0.1) is 0 Å². The largest absolute Gasteiger partial charge is 0.381 e. The molecule has 2 aromatic carbocycles. The minimum atomic E-state index is -3.74. The van der Waals surface area contributed by atoms with Gasteiger partial charge in [-0.1, -0.05) is 24.3 Å². The van der Waals surface area contributed by atoms with E-state index in [-0.39, 0.29) is 4.90 Å². The summed E-state index contributed by atoms with van der Waals surface area (Å²) in [6.07, 6.45) is 0. The molecule has 0 aliphatic carbocycles. The molecule has 0 bridgehead atoms. The summed E-state index contributed by atoms with van der Waals surface area (Å²) in [6.45, 7) is 2.12. The van der Waals surface area contributed by atoms with Crippen LogP contribution >= 0.6 is 0 Å². The maximum atomic E-state index is 11.5. The highest BCUT2D eigenvalue weighted by Gasteiger charge is 2.12. The van der Waals surface area contributed by atoms with E-state index >= 15 is 0 Å². The van der Waals surface area contributed by atoms with Crippen molar-refractivity contribution < 1.29 is 8.42 Å². The Morgan fingerprint density at radius 2 is 1.95 bits per heavy atom. The maximum absolute atomic E-state index is 11.5. The average Bonchev–Trinajstić information content (AvgIpc) is 2.45. The number of benzene rings is 2. The molecule has 0 unspecified atom stereocenters. The molecule has 5 nitrogen and oxygen atoms in total. The van der Waals surface area contributed by atoms with Crippen molar-refractivity contribution in [2.24, 2.45) is 5.14 Å². The van der Waals surface area contributed by atoms with Gasteiger partial charge in [0.15, 0.2) is 0 Å². The molecule has 0 atom stereocenters. The Hall–Kier alpha value is -2.36. The van der Waals surface area contributed by atoms with Crippen LogP contribution in [0.1, 0.15) is 16.7 Å². The van der Waals surface area contributed by atoms with Gasteiger partial charge in [0, 0.05) is 12.2 Å². The molecule has 21 heavy (non-hydrogen) atoms. The molecule has 0 aromatic heterocycles. The molecule has 0 heterocycles. The molecule has 2 rings (SSSR count). The maximum Gasteiger partial charge on any atom is 0.238 e. The number of sulfonamides is 1. The van der Waals surface area contributed by atoms with Gasteiger partial charge in [0.2, 0.25) is 10.0 Å². The van der Waals surface area contributed by atoms with Crippen LogP contribution in [0, 0.1) is 18.3 Å². The number of hydrogen-bond donors (Lipinski definition) is 2. The van der Waals surface area contributed by atoms with Crippen molar-refractivity contribution in [3.63, 3.8) is 0 Å². The number of hydrogen-bond acceptors (Lipinski definition) is 4. The summed E-state index contributed by atoms with van der Waals surface area (Å²) >= 11 is 0. The van der Waals surface area contributed by atoms with Gasteiger partial charge in [-0.3, -0.25) is 0 Å². The molecule has 0 spiro atoms. The number of nitrogens with zero attached hydrogens (tertiary/aromatic N) is 1. The molecule has 108 valence electrons. The summed E-state index contributed by atoms with van der Waals surface area (Å²) in [6, 6.07) is 14.3. The van der Waals surface area contributed by atoms with Crippen LogP contribution in [0.15, 0.2) is 47.4 Å². The van der Waals surface area contributed by atoms with E-state index in [1.54, 1.807) is 31.2 Å². The van der Waals surface area contributed by atoms with Gasteiger partial charge in [-0.25, -0.2) is 13.6 Å². The van der Waals surface area contributed by atoms with Gasteiger partial charge in [0.05, 0.1) is 16.5 Å². The second-order valence-electron chi connectivity index (χ2n) is 4.65. The predicted octanol–water partition coefficient (Wildman–Crippen LogP) is 2.13. The lowest BCUT2D eigenvalue weighted by Crippen LogP contribution is -2.14. The van der Waals surface area contributed by atoms with Crippen molar-refractivity contribution in [2.75, 3.05) is 5.32 Å². The number of anilines is 1. The first-order valence-corrected chi connectivity index (χ1v) is 7.82. The van der Waals surface area contributed by atoms with E-state index in [1.807, 2.05) is 12.1 Å².